The number of alkyl halides is 1. The van der Waals surface area contributed by atoms with Crippen molar-refractivity contribution < 1.29 is 29.3 Å². The maximum absolute atomic E-state index is 14.2. The molecular weight excluding hydrogens is 528 g/mol. The van der Waals surface area contributed by atoms with Crippen molar-refractivity contribution in [1.82, 2.24) is 9.80 Å². The van der Waals surface area contributed by atoms with Gasteiger partial charge in [-0.15, -0.1) is 6.58 Å². The summed E-state index contributed by atoms with van der Waals surface area (Å²) in [7, 11) is 0. The summed E-state index contributed by atoms with van der Waals surface area (Å²) in [5, 5.41) is 20.5. The van der Waals surface area contributed by atoms with Crippen molar-refractivity contribution in [2.45, 2.75) is 67.6 Å². The van der Waals surface area contributed by atoms with Gasteiger partial charge in [0.2, 0.25) is 11.8 Å². The van der Waals surface area contributed by atoms with Crippen LogP contribution in [0, 0.1) is 11.8 Å². The van der Waals surface area contributed by atoms with Crippen LogP contribution in [0.2, 0.25) is 0 Å². The van der Waals surface area contributed by atoms with Crippen LogP contribution >= 0.6 is 15.9 Å². The van der Waals surface area contributed by atoms with Crippen LogP contribution < -0.4 is 0 Å². The summed E-state index contributed by atoms with van der Waals surface area (Å²) in [4.78, 5) is 43.4. The normalized spacial score (nSPS) is 31.4. The number of carbonyl (C=O) groups is 3. The standard InChI is InChI=1S/C27H35BrN2O6/c1-3-5-9-13-29(12-4-2)25(33)23-27-15-19(28)22(36-27)20(26(34)35)21(27)24(32)30(23)18(16-31)14-17-10-7-6-8-11-17/h4,6-8,10-11,18-23,31H,2-3,5,9,12-16H2,1H3,(H,34,35)/t18-,19?,20-,21+,22-,23?,27?/m1/s1. The minimum Gasteiger partial charge on any atom is -0.481 e. The van der Waals surface area contributed by atoms with E-state index in [1.807, 2.05) is 30.3 Å². The molecule has 3 saturated heterocycles. The Labute approximate surface area is 220 Å². The number of carboxylic acids is 1. The topological polar surface area (TPSA) is 107 Å². The highest BCUT2D eigenvalue weighted by atomic mass is 79.9. The highest BCUT2D eigenvalue weighted by Gasteiger charge is 2.77. The molecule has 9 heteroatoms. The number of benzene rings is 1. The van der Waals surface area contributed by atoms with E-state index >= 15 is 0 Å². The minimum atomic E-state index is -1.26. The number of rotatable bonds is 12. The molecule has 36 heavy (non-hydrogen) atoms. The van der Waals surface area contributed by atoms with Gasteiger partial charge in [0, 0.05) is 17.9 Å². The lowest BCUT2D eigenvalue weighted by atomic mass is 9.70. The maximum Gasteiger partial charge on any atom is 0.310 e. The first-order valence-corrected chi connectivity index (χ1v) is 13.6. The van der Waals surface area contributed by atoms with E-state index in [0.717, 1.165) is 24.8 Å². The molecule has 4 rings (SSSR count). The number of fused-ring (bicyclic) bond motifs is 1. The molecule has 2 amide bonds. The third-order valence-electron chi connectivity index (χ3n) is 7.86. The van der Waals surface area contributed by atoms with Crippen LogP contribution in [0.4, 0.5) is 0 Å². The predicted octanol–water partition coefficient (Wildman–Crippen LogP) is 2.63. The summed E-state index contributed by atoms with van der Waals surface area (Å²) in [6.45, 7) is 6.35. The molecule has 3 unspecified atom stereocenters. The molecule has 8 nitrogen and oxygen atoms in total. The lowest BCUT2D eigenvalue weighted by molar-refractivity contribution is -0.153. The van der Waals surface area contributed by atoms with E-state index in [-0.39, 0.29) is 17.3 Å². The number of halogens is 1. The zero-order valence-electron chi connectivity index (χ0n) is 20.6. The first-order chi connectivity index (χ1) is 17.3. The fraction of sp³-hybridized carbons (Fsp3) is 0.593. The average molecular weight is 563 g/mol. The van der Waals surface area contributed by atoms with E-state index in [2.05, 4.69) is 29.4 Å². The van der Waals surface area contributed by atoms with Gasteiger partial charge in [-0.25, -0.2) is 0 Å². The van der Waals surface area contributed by atoms with E-state index in [1.54, 1.807) is 11.0 Å². The van der Waals surface area contributed by atoms with E-state index < -0.39 is 47.5 Å². The summed E-state index contributed by atoms with van der Waals surface area (Å²) in [6.07, 6.45) is 4.42. The van der Waals surface area contributed by atoms with Crippen molar-refractivity contribution in [2.75, 3.05) is 19.7 Å². The molecule has 1 aromatic carbocycles. The van der Waals surface area contributed by atoms with Crippen LogP contribution in [-0.4, -0.2) is 86.1 Å². The van der Waals surface area contributed by atoms with Crippen molar-refractivity contribution in [2.24, 2.45) is 11.8 Å². The molecule has 0 aromatic heterocycles. The molecule has 196 valence electrons. The van der Waals surface area contributed by atoms with E-state index in [1.165, 1.54) is 4.90 Å². The molecule has 3 heterocycles. The average Bonchev–Trinajstić information content (AvgIpc) is 3.46. The second kappa shape index (κ2) is 11.0. The number of carbonyl (C=O) groups excluding carboxylic acids is 2. The molecule has 7 atom stereocenters. The Morgan fingerprint density at radius 3 is 2.67 bits per heavy atom. The number of aliphatic carboxylic acids is 1. The van der Waals surface area contributed by atoms with Crippen LogP contribution in [0.5, 0.6) is 0 Å². The zero-order chi connectivity index (χ0) is 26.0. The van der Waals surface area contributed by atoms with Crippen LogP contribution in [-0.2, 0) is 25.5 Å². The van der Waals surface area contributed by atoms with Gasteiger partial charge in [0.15, 0.2) is 0 Å². The molecule has 0 aliphatic carbocycles. The van der Waals surface area contributed by atoms with Gasteiger partial charge in [-0.05, 0) is 24.8 Å². The summed E-state index contributed by atoms with van der Waals surface area (Å²) in [6, 6.07) is 7.75. The number of amides is 2. The van der Waals surface area contributed by atoms with Crippen LogP contribution in [0.1, 0.15) is 38.2 Å². The Hall–Kier alpha value is -2.23. The molecule has 2 N–H and O–H groups in total. The van der Waals surface area contributed by atoms with Gasteiger partial charge >= 0.3 is 5.97 Å². The largest absolute Gasteiger partial charge is 0.481 e. The predicted molar refractivity (Wildman–Crippen MR) is 138 cm³/mol. The van der Waals surface area contributed by atoms with Crippen molar-refractivity contribution in [1.29, 1.82) is 0 Å². The van der Waals surface area contributed by atoms with Crippen LogP contribution in [0.3, 0.4) is 0 Å². The Kier molecular flexibility index (Phi) is 8.22. The Morgan fingerprint density at radius 1 is 1.33 bits per heavy atom. The van der Waals surface area contributed by atoms with Crippen molar-refractivity contribution in [3.63, 3.8) is 0 Å². The SMILES string of the molecule is C=CCN(CCCCC)C(=O)C1N([C@@H](CO)Cc2ccccc2)C(=O)[C@@H]2[C@@H](C(=O)O)[C@@H]3OC12CC3Br. The minimum absolute atomic E-state index is 0.278. The smallest absolute Gasteiger partial charge is 0.310 e. The Bertz CT molecular complexity index is 990. The molecule has 3 aliphatic rings. The summed E-state index contributed by atoms with van der Waals surface area (Å²) >= 11 is 3.57. The van der Waals surface area contributed by atoms with Crippen molar-refractivity contribution in [3.8, 4) is 0 Å². The molecule has 1 aromatic rings. The Morgan fingerprint density at radius 2 is 2.06 bits per heavy atom. The summed E-state index contributed by atoms with van der Waals surface area (Å²) in [5.74, 6) is -3.84. The molecule has 0 saturated carbocycles. The second-order valence-electron chi connectivity index (χ2n) is 10.1. The van der Waals surface area contributed by atoms with Crippen LogP contribution in [0.15, 0.2) is 43.0 Å². The van der Waals surface area contributed by atoms with E-state index in [0.29, 0.717) is 25.9 Å². The number of nitrogens with zero attached hydrogens (tertiary/aromatic N) is 2. The van der Waals surface area contributed by atoms with Gasteiger partial charge in [-0.2, -0.15) is 0 Å². The molecule has 3 aliphatic heterocycles. The number of aliphatic hydroxyl groups excluding tert-OH is 1. The summed E-state index contributed by atoms with van der Waals surface area (Å²) in [5.41, 5.74) is -0.348. The second-order valence-corrected chi connectivity index (χ2v) is 11.2. The third-order valence-corrected chi connectivity index (χ3v) is 8.70. The zero-order valence-corrected chi connectivity index (χ0v) is 22.2. The van der Waals surface area contributed by atoms with E-state index in [4.69, 9.17) is 4.74 Å². The highest BCUT2D eigenvalue weighted by molar-refractivity contribution is 9.09. The Balaban J connectivity index is 1.77. The van der Waals surface area contributed by atoms with Gasteiger partial charge in [0.05, 0.1) is 30.6 Å². The van der Waals surface area contributed by atoms with Gasteiger partial charge in [-0.3, -0.25) is 14.4 Å². The van der Waals surface area contributed by atoms with Gasteiger partial charge < -0.3 is 24.7 Å². The number of ether oxygens (including phenoxy) is 1. The molecule has 3 fully saturated rings. The number of likely N-dealkylation sites (tertiary alicyclic amines) is 1. The molecule has 2 bridgehead atoms. The fourth-order valence-electron chi connectivity index (χ4n) is 6.33. The monoisotopic (exact) mass is 562 g/mol. The lowest BCUT2D eigenvalue weighted by Gasteiger charge is -2.39. The maximum atomic E-state index is 14.2. The molecule has 0 radical (unpaired) electrons. The highest BCUT2D eigenvalue weighted by Crippen LogP contribution is 2.60. The van der Waals surface area contributed by atoms with Gasteiger partial charge in [0.1, 0.15) is 11.6 Å². The number of carboxylic acid groups (broad SMARTS) is 1. The van der Waals surface area contributed by atoms with Crippen molar-refractivity contribution in [3.05, 3.63) is 48.6 Å². The van der Waals surface area contributed by atoms with Gasteiger partial charge in [0.25, 0.3) is 0 Å². The number of unbranched alkanes of at least 4 members (excludes halogenated alkanes) is 2. The molecular formula is C27H35BrN2O6. The summed E-state index contributed by atoms with van der Waals surface area (Å²) < 4.78 is 6.36. The van der Waals surface area contributed by atoms with Gasteiger partial charge in [-0.1, -0.05) is 72.1 Å². The fourth-order valence-corrected chi connectivity index (χ4v) is 7.27. The van der Waals surface area contributed by atoms with Crippen molar-refractivity contribution >= 4 is 33.7 Å². The van der Waals surface area contributed by atoms with Crippen LogP contribution in [0.25, 0.3) is 0 Å². The number of hydrogen-bond donors (Lipinski definition) is 2. The number of hydrogen-bond acceptors (Lipinski definition) is 5. The first-order valence-electron chi connectivity index (χ1n) is 12.7. The first kappa shape index (κ1) is 26.8. The third kappa shape index (κ3) is 4.50. The lowest BCUT2D eigenvalue weighted by Crippen LogP contribution is -2.59. The molecule has 1 spiro atoms. The quantitative estimate of drug-likeness (QED) is 0.230. The van der Waals surface area contributed by atoms with E-state index in [9.17, 15) is 24.6 Å². The number of aliphatic hydroxyl groups is 1.